The third-order valence-electron chi connectivity index (χ3n) is 3.35. The van der Waals surface area contributed by atoms with E-state index in [9.17, 15) is 13.6 Å². The summed E-state index contributed by atoms with van der Waals surface area (Å²) in [6, 6.07) is 0. The second kappa shape index (κ2) is 4.90. The minimum atomic E-state index is -2.63. The Hall–Kier alpha value is -0.880. The number of carbonyl (C=O) groups is 1. The Kier molecular flexibility index (Phi) is 3.75. The van der Waals surface area contributed by atoms with Crippen molar-refractivity contribution in [3.8, 4) is 0 Å². The first-order chi connectivity index (χ1) is 8.78. The molecule has 0 radical (unpaired) electrons. The first-order valence-electron chi connectivity index (χ1n) is 5.74. The van der Waals surface area contributed by atoms with Crippen molar-refractivity contribution in [2.75, 3.05) is 6.54 Å². The summed E-state index contributed by atoms with van der Waals surface area (Å²) in [6.45, 7) is -0.753. The van der Waals surface area contributed by atoms with Crippen molar-refractivity contribution < 1.29 is 13.6 Å². The van der Waals surface area contributed by atoms with Crippen LogP contribution in [0.4, 0.5) is 8.78 Å². The fraction of sp³-hybridized carbons (Fsp3) is 0.636. The van der Waals surface area contributed by atoms with Crippen molar-refractivity contribution in [3.05, 3.63) is 18.2 Å². The molecule has 106 valence electrons. The van der Waals surface area contributed by atoms with E-state index in [-0.39, 0.29) is 24.7 Å². The van der Waals surface area contributed by atoms with Crippen molar-refractivity contribution >= 4 is 29.1 Å². The number of halogens is 4. The lowest BCUT2D eigenvalue weighted by molar-refractivity contribution is -0.125. The summed E-state index contributed by atoms with van der Waals surface area (Å²) in [4.78, 5) is 15.7. The van der Waals surface area contributed by atoms with E-state index in [0.29, 0.717) is 6.42 Å². The van der Waals surface area contributed by atoms with Crippen molar-refractivity contribution in [3.63, 3.8) is 0 Å². The molecule has 1 atom stereocenters. The molecule has 19 heavy (non-hydrogen) atoms. The maximum atomic E-state index is 12.5. The zero-order chi connectivity index (χ0) is 14.3. The van der Waals surface area contributed by atoms with Crippen LogP contribution in [0.25, 0.3) is 0 Å². The van der Waals surface area contributed by atoms with Crippen LogP contribution in [0, 0.1) is 5.41 Å². The van der Waals surface area contributed by atoms with E-state index in [1.807, 2.05) is 0 Å². The minimum Gasteiger partial charge on any atom is -0.355 e. The fourth-order valence-corrected chi connectivity index (χ4v) is 2.55. The average Bonchev–Trinajstić information content (AvgIpc) is 2.70. The molecule has 1 aromatic rings. The van der Waals surface area contributed by atoms with Gasteiger partial charge in [-0.05, 0) is 13.3 Å². The minimum absolute atomic E-state index is 0.210. The van der Waals surface area contributed by atoms with Crippen LogP contribution in [0.3, 0.4) is 0 Å². The zero-order valence-electron chi connectivity index (χ0n) is 10.2. The van der Waals surface area contributed by atoms with Crippen molar-refractivity contribution in [1.82, 2.24) is 14.9 Å². The smallest absolute Gasteiger partial charge is 0.319 e. The second-order valence-electron chi connectivity index (χ2n) is 4.75. The lowest BCUT2D eigenvalue weighted by Crippen LogP contribution is -2.34. The predicted octanol–water partition coefficient (Wildman–Crippen LogP) is 2.52. The number of carbonyl (C=O) groups excluding carboxylic acids is 1. The molecule has 0 saturated heterocycles. The van der Waals surface area contributed by atoms with Crippen LogP contribution < -0.4 is 5.32 Å². The Balaban J connectivity index is 1.85. The molecule has 1 N–H and O–H groups in total. The van der Waals surface area contributed by atoms with Crippen LogP contribution in [0.5, 0.6) is 0 Å². The first kappa shape index (κ1) is 14.5. The molecule has 1 heterocycles. The van der Waals surface area contributed by atoms with Gasteiger partial charge in [-0.1, -0.05) is 0 Å². The molecule has 1 fully saturated rings. The number of amides is 1. The van der Waals surface area contributed by atoms with Gasteiger partial charge in [0.15, 0.2) is 0 Å². The molecule has 4 nitrogen and oxygen atoms in total. The summed E-state index contributed by atoms with van der Waals surface area (Å²) in [5, 5.41) is 2.64. The van der Waals surface area contributed by atoms with Crippen molar-refractivity contribution in [2.45, 2.75) is 30.6 Å². The van der Waals surface area contributed by atoms with Gasteiger partial charge in [-0.25, -0.2) is 4.98 Å². The molecular weight excluding hydrogens is 299 g/mol. The van der Waals surface area contributed by atoms with Crippen LogP contribution in [-0.2, 0) is 11.2 Å². The van der Waals surface area contributed by atoms with Gasteiger partial charge in [0, 0.05) is 25.4 Å². The molecule has 1 aliphatic carbocycles. The van der Waals surface area contributed by atoms with Crippen LogP contribution in [-0.4, -0.2) is 26.3 Å². The number of aromatic nitrogens is 2. The van der Waals surface area contributed by atoms with Gasteiger partial charge in [0.1, 0.15) is 10.2 Å². The van der Waals surface area contributed by atoms with Crippen LogP contribution in [0.15, 0.2) is 12.4 Å². The van der Waals surface area contributed by atoms with Crippen LogP contribution in [0.1, 0.15) is 25.7 Å². The van der Waals surface area contributed by atoms with Gasteiger partial charge < -0.3 is 5.32 Å². The lowest BCUT2D eigenvalue weighted by Gasteiger charge is -2.12. The Labute approximate surface area is 119 Å². The summed E-state index contributed by atoms with van der Waals surface area (Å²) < 4.78 is 24.8. The highest BCUT2D eigenvalue weighted by Gasteiger charge is 2.67. The second-order valence-corrected chi connectivity index (χ2v) is 6.23. The molecule has 0 unspecified atom stereocenters. The molecule has 2 rings (SSSR count). The van der Waals surface area contributed by atoms with E-state index in [0.717, 1.165) is 4.57 Å². The van der Waals surface area contributed by atoms with E-state index in [1.54, 1.807) is 6.92 Å². The summed E-state index contributed by atoms with van der Waals surface area (Å²) in [6.07, 6.45) is 3.11. The first-order valence-corrected chi connectivity index (χ1v) is 6.49. The maximum absolute atomic E-state index is 12.5. The van der Waals surface area contributed by atoms with E-state index in [1.165, 1.54) is 12.4 Å². The summed E-state index contributed by atoms with van der Waals surface area (Å²) in [5.74, 6) is -0.0492. The zero-order valence-corrected chi connectivity index (χ0v) is 11.7. The molecule has 0 aliphatic heterocycles. The molecule has 1 aromatic heterocycles. The summed E-state index contributed by atoms with van der Waals surface area (Å²) in [5.41, 5.74) is -0.797. The van der Waals surface area contributed by atoms with Crippen LogP contribution >= 0.6 is 23.2 Å². The fourth-order valence-electron chi connectivity index (χ4n) is 1.84. The van der Waals surface area contributed by atoms with Gasteiger partial charge in [0.2, 0.25) is 5.91 Å². The van der Waals surface area contributed by atoms with Gasteiger partial charge in [-0.3, -0.25) is 9.36 Å². The summed E-state index contributed by atoms with van der Waals surface area (Å²) >= 11 is 11.8. The number of rotatable bonds is 5. The van der Waals surface area contributed by atoms with Gasteiger partial charge in [-0.15, -0.1) is 23.2 Å². The Morgan fingerprint density at radius 3 is 2.79 bits per heavy atom. The predicted molar refractivity (Wildman–Crippen MR) is 67.4 cm³/mol. The molecule has 1 amide bonds. The number of imidazole rings is 1. The molecule has 1 saturated carbocycles. The number of alkyl halides is 4. The SMILES string of the molecule is C[C@@]1(C(=O)NCCc2nccn2C(F)F)CC1(Cl)Cl. The Morgan fingerprint density at radius 1 is 1.63 bits per heavy atom. The van der Waals surface area contributed by atoms with E-state index in [4.69, 9.17) is 23.2 Å². The van der Waals surface area contributed by atoms with E-state index in [2.05, 4.69) is 10.3 Å². The third kappa shape index (κ3) is 2.69. The molecule has 0 spiro atoms. The van der Waals surface area contributed by atoms with Crippen LogP contribution in [0.2, 0.25) is 0 Å². The maximum Gasteiger partial charge on any atom is 0.319 e. The number of nitrogens with zero attached hydrogens (tertiary/aromatic N) is 2. The van der Waals surface area contributed by atoms with Crippen molar-refractivity contribution in [1.29, 1.82) is 0 Å². The molecular formula is C11H13Cl2F2N3O. The monoisotopic (exact) mass is 311 g/mol. The topological polar surface area (TPSA) is 46.9 Å². The molecule has 0 aromatic carbocycles. The number of hydrogen-bond acceptors (Lipinski definition) is 2. The Bertz CT molecular complexity index is 492. The quantitative estimate of drug-likeness (QED) is 0.849. The van der Waals surface area contributed by atoms with E-state index < -0.39 is 16.3 Å². The van der Waals surface area contributed by atoms with Crippen molar-refractivity contribution in [2.24, 2.45) is 5.41 Å². The average molecular weight is 312 g/mol. The lowest BCUT2D eigenvalue weighted by atomic mass is 10.1. The molecule has 1 aliphatic rings. The Morgan fingerprint density at radius 2 is 2.26 bits per heavy atom. The normalized spacial score (nSPS) is 24.5. The molecule has 0 bridgehead atoms. The standard InChI is InChI=1S/C11H13Cl2F2N3O/c1-10(6-11(10,12)13)8(19)17-3-2-7-16-4-5-18(7)9(14)15/h4-5,9H,2-3,6H2,1H3,(H,17,19)/t10-/m0/s1. The number of nitrogens with one attached hydrogen (secondary N) is 1. The molecule has 8 heteroatoms. The largest absolute Gasteiger partial charge is 0.355 e. The highest BCUT2D eigenvalue weighted by atomic mass is 35.5. The van der Waals surface area contributed by atoms with E-state index >= 15 is 0 Å². The van der Waals surface area contributed by atoms with Gasteiger partial charge >= 0.3 is 6.55 Å². The summed E-state index contributed by atoms with van der Waals surface area (Å²) in [7, 11) is 0. The highest BCUT2D eigenvalue weighted by Crippen LogP contribution is 2.63. The van der Waals surface area contributed by atoms with Gasteiger partial charge in [0.25, 0.3) is 0 Å². The van der Waals surface area contributed by atoms with Gasteiger partial charge in [-0.2, -0.15) is 8.78 Å². The highest BCUT2D eigenvalue weighted by molar-refractivity contribution is 6.53. The third-order valence-corrected chi connectivity index (χ3v) is 4.45. The number of hydrogen-bond donors (Lipinski definition) is 1. The van der Waals surface area contributed by atoms with Gasteiger partial charge in [0.05, 0.1) is 5.41 Å².